The van der Waals surface area contributed by atoms with E-state index in [2.05, 4.69) is 53.8 Å². The molecule has 2 heterocycles. The highest BCUT2D eigenvalue weighted by molar-refractivity contribution is 6.30. The van der Waals surface area contributed by atoms with Gasteiger partial charge in [-0.2, -0.15) is 0 Å². The maximum Gasteiger partial charge on any atom is 0.152 e. The summed E-state index contributed by atoms with van der Waals surface area (Å²) < 4.78 is 2.31. The molecule has 2 aromatic rings. The van der Waals surface area contributed by atoms with Gasteiger partial charge in [0.25, 0.3) is 0 Å². The van der Waals surface area contributed by atoms with Gasteiger partial charge in [0.1, 0.15) is 5.82 Å². The van der Waals surface area contributed by atoms with E-state index in [0.29, 0.717) is 11.2 Å². The van der Waals surface area contributed by atoms with Crippen molar-refractivity contribution in [3.63, 3.8) is 0 Å². The molecule has 1 aliphatic rings. The van der Waals surface area contributed by atoms with Gasteiger partial charge in [-0.15, -0.1) is 0 Å². The van der Waals surface area contributed by atoms with Crippen molar-refractivity contribution in [1.29, 1.82) is 0 Å². The molecule has 1 aliphatic heterocycles. The topological polar surface area (TPSA) is 29.9 Å². The predicted octanol–water partition coefficient (Wildman–Crippen LogP) is 3.99. The molecule has 0 fully saturated rings. The number of benzene rings is 1. The Morgan fingerprint density at radius 3 is 2.86 bits per heavy atom. The summed E-state index contributed by atoms with van der Waals surface area (Å²) in [5.41, 5.74) is 5.29. The van der Waals surface area contributed by atoms with Crippen LogP contribution < -0.4 is 5.32 Å². The molecule has 0 spiro atoms. The Balaban J connectivity index is 1.77. The third kappa shape index (κ3) is 2.92. The van der Waals surface area contributed by atoms with Gasteiger partial charge in [0.05, 0.1) is 11.7 Å². The van der Waals surface area contributed by atoms with Crippen molar-refractivity contribution in [2.45, 2.75) is 52.6 Å². The van der Waals surface area contributed by atoms with Gasteiger partial charge in [0.15, 0.2) is 5.15 Å². The molecule has 3 rings (SSSR count). The summed E-state index contributed by atoms with van der Waals surface area (Å²) in [6, 6.07) is 7.05. The first-order valence-electron chi connectivity index (χ1n) is 8.14. The van der Waals surface area contributed by atoms with Gasteiger partial charge in [-0.3, -0.25) is 0 Å². The fourth-order valence-electron chi connectivity index (χ4n) is 3.29. The molecule has 3 nitrogen and oxygen atoms in total. The summed E-state index contributed by atoms with van der Waals surface area (Å²) in [5, 5.41) is 4.28. The lowest BCUT2D eigenvalue weighted by atomic mass is 9.99. The monoisotopic (exact) mass is 317 g/mol. The van der Waals surface area contributed by atoms with E-state index in [1.54, 1.807) is 0 Å². The number of aromatic nitrogens is 2. The number of fused-ring (bicyclic) bond motifs is 1. The molecule has 1 unspecified atom stereocenters. The first-order valence-corrected chi connectivity index (χ1v) is 8.52. The van der Waals surface area contributed by atoms with Crippen LogP contribution in [0.15, 0.2) is 18.2 Å². The minimum Gasteiger partial charge on any atom is -0.328 e. The zero-order valence-electron chi connectivity index (χ0n) is 13.6. The van der Waals surface area contributed by atoms with Gasteiger partial charge >= 0.3 is 0 Å². The normalized spacial score (nSPS) is 17.5. The molecule has 0 radical (unpaired) electrons. The molecule has 0 saturated carbocycles. The van der Waals surface area contributed by atoms with E-state index in [1.165, 1.54) is 22.4 Å². The zero-order chi connectivity index (χ0) is 15.7. The van der Waals surface area contributed by atoms with Crippen molar-refractivity contribution < 1.29 is 0 Å². The fourth-order valence-corrected chi connectivity index (χ4v) is 3.62. The minimum absolute atomic E-state index is 0.302. The van der Waals surface area contributed by atoms with Crippen LogP contribution in [0.4, 0.5) is 0 Å². The van der Waals surface area contributed by atoms with E-state index in [0.717, 1.165) is 38.2 Å². The van der Waals surface area contributed by atoms with E-state index in [-0.39, 0.29) is 0 Å². The number of aryl methyl sites for hydroxylation is 4. The van der Waals surface area contributed by atoms with Crippen molar-refractivity contribution >= 4 is 11.6 Å². The Morgan fingerprint density at radius 1 is 1.32 bits per heavy atom. The SMILES string of the molecule is CCc1nc(Cl)c2n1CCNC2CCc1ccc(C)c(C)c1. The predicted molar refractivity (Wildman–Crippen MR) is 91.6 cm³/mol. The summed E-state index contributed by atoms with van der Waals surface area (Å²) in [6.07, 6.45) is 3.04. The van der Waals surface area contributed by atoms with E-state index >= 15 is 0 Å². The third-order valence-corrected chi connectivity index (χ3v) is 4.98. The molecule has 4 heteroatoms. The molecule has 22 heavy (non-hydrogen) atoms. The van der Waals surface area contributed by atoms with E-state index in [4.69, 9.17) is 11.6 Å². The highest BCUT2D eigenvalue weighted by atomic mass is 35.5. The van der Waals surface area contributed by atoms with Gasteiger partial charge in [-0.05, 0) is 43.4 Å². The second-order valence-electron chi connectivity index (χ2n) is 6.17. The van der Waals surface area contributed by atoms with Gasteiger partial charge in [0.2, 0.25) is 0 Å². The van der Waals surface area contributed by atoms with Crippen LogP contribution in [0.5, 0.6) is 0 Å². The minimum atomic E-state index is 0.302. The third-order valence-electron chi connectivity index (χ3n) is 4.71. The summed E-state index contributed by atoms with van der Waals surface area (Å²) in [5.74, 6) is 1.11. The van der Waals surface area contributed by atoms with Crippen molar-refractivity contribution in [2.24, 2.45) is 0 Å². The molecule has 0 bridgehead atoms. The molecular formula is C18H24ClN3. The second kappa shape index (κ2) is 6.43. The summed E-state index contributed by atoms with van der Waals surface area (Å²) in [7, 11) is 0. The van der Waals surface area contributed by atoms with Crippen LogP contribution >= 0.6 is 11.6 Å². The zero-order valence-corrected chi connectivity index (χ0v) is 14.4. The Morgan fingerprint density at radius 2 is 2.14 bits per heavy atom. The summed E-state index contributed by atoms with van der Waals surface area (Å²) in [6.45, 7) is 8.43. The number of halogens is 1. The Hall–Kier alpha value is -1.32. The average Bonchev–Trinajstić information content (AvgIpc) is 2.85. The van der Waals surface area contributed by atoms with Crippen molar-refractivity contribution in [3.8, 4) is 0 Å². The molecule has 118 valence electrons. The number of rotatable bonds is 4. The highest BCUT2D eigenvalue weighted by Crippen LogP contribution is 2.30. The fraction of sp³-hybridized carbons (Fsp3) is 0.500. The number of nitrogens with zero attached hydrogens (tertiary/aromatic N) is 2. The first kappa shape index (κ1) is 15.6. The van der Waals surface area contributed by atoms with Gasteiger partial charge < -0.3 is 9.88 Å². The largest absolute Gasteiger partial charge is 0.328 e. The number of hydrogen-bond acceptors (Lipinski definition) is 2. The van der Waals surface area contributed by atoms with Crippen LogP contribution in [0.25, 0.3) is 0 Å². The maximum atomic E-state index is 6.39. The lowest BCUT2D eigenvalue weighted by Crippen LogP contribution is -2.34. The average molecular weight is 318 g/mol. The lowest BCUT2D eigenvalue weighted by molar-refractivity contribution is 0.400. The van der Waals surface area contributed by atoms with Crippen LogP contribution in [-0.2, 0) is 19.4 Å². The molecule has 0 saturated heterocycles. The molecule has 0 aliphatic carbocycles. The quantitative estimate of drug-likeness (QED) is 0.924. The van der Waals surface area contributed by atoms with Crippen LogP contribution in [-0.4, -0.2) is 16.1 Å². The second-order valence-corrected chi connectivity index (χ2v) is 6.53. The van der Waals surface area contributed by atoms with Crippen LogP contribution in [0.1, 0.15) is 47.6 Å². The highest BCUT2D eigenvalue weighted by Gasteiger charge is 2.26. The summed E-state index contributed by atoms with van der Waals surface area (Å²) >= 11 is 6.39. The van der Waals surface area contributed by atoms with Crippen molar-refractivity contribution in [2.75, 3.05) is 6.54 Å². The number of nitrogens with one attached hydrogen (secondary N) is 1. The van der Waals surface area contributed by atoms with Crippen molar-refractivity contribution in [1.82, 2.24) is 14.9 Å². The molecule has 0 amide bonds. The first-order chi connectivity index (χ1) is 10.6. The Kier molecular flexibility index (Phi) is 4.55. The van der Waals surface area contributed by atoms with Gasteiger partial charge in [0, 0.05) is 19.5 Å². The lowest BCUT2D eigenvalue weighted by Gasteiger charge is -2.27. The Labute approximate surface area is 137 Å². The molecule has 1 N–H and O–H groups in total. The van der Waals surface area contributed by atoms with Crippen molar-refractivity contribution in [3.05, 3.63) is 51.6 Å². The molecule has 1 atom stereocenters. The van der Waals surface area contributed by atoms with E-state index in [9.17, 15) is 0 Å². The van der Waals surface area contributed by atoms with E-state index in [1.807, 2.05) is 0 Å². The molecular weight excluding hydrogens is 294 g/mol. The molecule has 1 aromatic carbocycles. The van der Waals surface area contributed by atoms with E-state index < -0.39 is 0 Å². The number of imidazole rings is 1. The van der Waals surface area contributed by atoms with Crippen LogP contribution in [0, 0.1) is 13.8 Å². The van der Waals surface area contributed by atoms with Gasteiger partial charge in [-0.25, -0.2) is 4.98 Å². The Bertz CT molecular complexity index is 675. The van der Waals surface area contributed by atoms with Crippen LogP contribution in [0.3, 0.4) is 0 Å². The summed E-state index contributed by atoms with van der Waals surface area (Å²) in [4.78, 5) is 4.53. The standard InChI is InChI=1S/C18H24ClN3/c1-4-16-21-18(19)17-15(20-9-10-22(16)17)8-7-14-6-5-12(2)13(3)11-14/h5-6,11,15,20H,4,7-10H2,1-3H3. The maximum absolute atomic E-state index is 6.39. The van der Waals surface area contributed by atoms with Crippen LogP contribution in [0.2, 0.25) is 5.15 Å². The molecule has 1 aromatic heterocycles. The number of hydrogen-bond donors (Lipinski definition) is 1. The van der Waals surface area contributed by atoms with Gasteiger partial charge in [-0.1, -0.05) is 36.7 Å². The smallest absolute Gasteiger partial charge is 0.152 e.